The van der Waals surface area contributed by atoms with Crippen molar-refractivity contribution in [1.29, 1.82) is 0 Å². The first-order valence-electron chi connectivity index (χ1n) is 28.6. The molecule has 6 fully saturated rings. The van der Waals surface area contributed by atoms with Crippen molar-refractivity contribution in [2.45, 2.75) is 178 Å². The minimum atomic E-state index is -0.268. The SMILES string of the molecule is CC(=O)OCBr.CC(=O)OC[N@+]1(C)CC[C@@]23CCCC[C@@H]2C1Cc1ccc(O)cc13.CC(=O)OC[N@@+]1(C)CC[C@@]23CCCC[C@@H]2[C@@H]1Cc1ccc(OC(C)=O)cc13.CN1CC[C@@]23CCCC[C@@H]2C1Cc1ccc(O)cc13.[Cl-].[Cl-]. The number of fused-ring (bicyclic) bond motifs is 3. The number of hydrogen-bond donors (Lipinski definition) is 2. The van der Waals surface area contributed by atoms with Crippen LogP contribution < -0.4 is 29.6 Å². The number of ether oxygens (including phenoxy) is 4. The quantitative estimate of drug-likeness (QED) is 0.119. The second-order valence-corrected chi connectivity index (χ2v) is 25.3. The number of alkyl halides is 1. The summed E-state index contributed by atoms with van der Waals surface area (Å²) in [4.78, 5) is 46.6. The molecule has 0 amide bonds. The molecule has 2 N–H and O–H groups in total. The highest BCUT2D eigenvalue weighted by atomic mass is 79.9. The Labute approximate surface area is 484 Å². The summed E-state index contributed by atoms with van der Waals surface area (Å²) in [6.07, 6.45) is 22.2. The van der Waals surface area contributed by atoms with Crippen molar-refractivity contribution in [2.75, 3.05) is 59.8 Å². The van der Waals surface area contributed by atoms with Gasteiger partial charge < -0.3 is 58.9 Å². The number of phenolic OH excluding ortho intramolecular Hbond substituents is 2. The van der Waals surface area contributed by atoms with Crippen LogP contribution in [0.3, 0.4) is 0 Å². The molecule has 3 heterocycles. The second-order valence-electron chi connectivity index (χ2n) is 24.8. The summed E-state index contributed by atoms with van der Waals surface area (Å²) in [5.74, 6) is 2.66. The van der Waals surface area contributed by atoms with Gasteiger partial charge in [0.2, 0.25) is 13.5 Å². The highest BCUT2D eigenvalue weighted by Gasteiger charge is 2.61. The monoisotopic (exact) mass is 1180 g/mol. The first-order valence-corrected chi connectivity index (χ1v) is 29.7. The molecule has 2 unspecified atom stereocenters. The lowest BCUT2D eigenvalue weighted by Crippen LogP contribution is -3.00. The summed E-state index contributed by atoms with van der Waals surface area (Å²) in [5.41, 5.74) is 9.63. The van der Waals surface area contributed by atoms with Crippen LogP contribution in [-0.2, 0) is 68.9 Å². The fraction of sp³-hybridized carbons (Fsp3) is 0.645. The molecule has 3 saturated carbocycles. The van der Waals surface area contributed by atoms with Gasteiger partial charge in [0, 0.05) is 87.5 Å². The van der Waals surface area contributed by atoms with Crippen molar-refractivity contribution < 1.29 is 82.1 Å². The maximum Gasteiger partial charge on any atom is 0.308 e. The minimum absolute atomic E-state index is 0. The standard InChI is InChI=1S/C22H30NO4.C20H27NO3.C17H23NO.C3H5BrO2.2ClH/c1-15(24)26-14-23(3)11-10-22-9-5-4-6-19(22)21(23)12-17-7-8-18(13-20(17)22)27-16(2)25;1-14(22)24-13-21(2)10-9-20-8-4-3-5-17(20)19(21)11-15-6-7-16(23)12-18(15)20;1-18-9-8-17-7-3-2-4-14(17)16(18)10-12-5-6-13(19)11-15(12)17;1-3(5)6-2-4;;/h7-8,13,19,21H,4-6,9-12,14H2,1-3H3;6-7,12,17,19H,3-5,8-11,13H2,1-2H3;5-6,11,14,16,19H,2-4,7-10H2,1H3;2H2,1H3;2*1H/q+1;;;;;/p-1/t19-,21+,22+,23-;17-,19?,20+,21+;14-,16?,17+;;;/m111.../s1. The van der Waals surface area contributed by atoms with E-state index in [1.54, 1.807) is 0 Å². The highest BCUT2D eigenvalue weighted by Crippen LogP contribution is 2.60. The summed E-state index contributed by atoms with van der Waals surface area (Å²) >= 11 is 2.91. The molecule has 0 radical (unpaired) electrons. The molecule has 78 heavy (non-hydrogen) atoms. The molecule has 9 aliphatic rings. The number of halogens is 3. The Kier molecular flexibility index (Phi) is 19.8. The van der Waals surface area contributed by atoms with E-state index >= 15 is 0 Å². The van der Waals surface area contributed by atoms with Crippen LogP contribution in [0.2, 0.25) is 0 Å². The molecule has 3 aromatic rings. The maximum atomic E-state index is 11.4. The van der Waals surface area contributed by atoms with Gasteiger partial charge in [0.05, 0.1) is 39.3 Å². The van der Waals surface area contributed by atoms with Crippen LogP contribution in [-0.4, -0.2) is 126 Å². The summed E-state index contributed by atoms with van der Waals surface area (Å²) in [6.45, 7) is 10.0. The normalized spacial score (nSPS) is 33.0. The van der Waals surface area contributed by atoms with E-state index in [1.807, 2.05) is 24.3 Å². The Bertz CT molecular complexity index is 2660. The fourth-order valence-corrected chi connectivity index (χ4v) is 17.5. The third-order valence-corrected chi connectivity index (χ3v) is 20.9. The molecule has 0 aromatic heterocycles. The molecule has 6 bridgehead atoms. The molecule has 3 saturated heterocycles. The zero-order valence-corrected chi connectivity index (χ0v) is 50.4. The van der Waals surface area contributed by atoms with Crippen molar-refractivity contribution in [1.82, 2.24) is 4.90 Å². The van der Waals surface area contributed by atoms with Crippen LogP contribution in [0, 0.1) is 17.8 Å². The summed E-state index contributed by atoms with van der Waals surface area (Å²) < 4.78 is 22.3. The van der Waals surface area contributed by atoms with Crippen LogP contribution >= 0.6 is 15.9 Å². The number of benzene rings is 3. The molecule has 3 aromatic carbocycles. The van der Waals surface area contributed by atoms with E-state index in [-0.39, 0.29) is 59.5 Å². The summed E-state index contributed by atoms with van der Waals surface area (Å²) in [5, 5.41) is 20.0. The van der Waals surface area contributed by atoms with Gasteiger partial charge in [-0.2, -0.15) is 0 Å². The Morgan fingerprint density at radius 2 is 0.987 bits per heavy atom. The number of likely N-dealkylation sites (tertiary alicyclic amines) is 3. The van der Waals surface area contributed by atoms with Crippen molar-refractivity contribution in [2.24, 2.45) is 17.8 Å². The number of rotatable bonds is 6. The predicted molar refractivity (Wildman–Crippen MR) is 295 cm³/mol. The lowest BCUT2D eigenvalue weighted by atomic mass is 9.52. The molecule has 0 spiro atoms. The van der Waals surface area contributed by atoms with Gasteiger partial charge in [0.15, 0.2) is 0 Å². The number of esters is 4. The average molecular weight is 1180 g/mol. The van der Waals surface area contributed by atoms with Crippen LogP contribution in [0.4, 0.5) is 0 Å². The zero-order valence-electron chi connectivity index (χ0n) is 47.3. The van der Waals surface area contributed by atoms with Gasteiger partial charge in [-0.05, 0) is 157 Å². The number of aromatic hydroxyl groups is 2. The van der Waals surface area contributed by atoms with Crippen LogP contribution in [0.5, 0.6) is 17.2 Å². The van der Waals surface area contributed by atoms with Crippen LogP contribution in [0.15, 0.2) is 54.6 Å². The molecule has 11 atom stereocenters. The number of hydrogen-bond acceptors (Lipinski definition) is 11. The smallest absolute Gasteiger partial charge is 0.308 e. The molecule has 16 heteroatoms. The van der Waals surface area contributed by atoms with E-state index in [0.29, 0.717) is 65.6 Å². The van der Waals surface area contributed by atoms with E-state index in [0.717, 1.165) is 59.7 Å². The van der Waals surface area contributed by atoms with Gasteiger partial charge in [0.25, 0.3) is 0 Å². The fourth-order valence-electron chi connectivity index (χ4n) is 17.2. The topological polar surface area (TPSA) is 149 Å². The van der Waals surface area contributed by atoms with Gasteiger partial charge in [0.1, 0.15) is 22.8 Å². The van der Waals surface area contributed by atoms with Gasteiger partial charge in [-0.25, -0.2) is 0 Å². The molecule has 13 nitrogen and oxygen atoms in total. The first-order chi connectivity index (χ1) is 36.3. The highest BCUT2D eigenvalue weighted by molar-refractivity contribution is 9.09. The van der Waals surface area contributed by atoms with E-state index in [1.165, 1.54) is 158 Å². The Balaban J connectivity index is 0.000000161. The minimum Gasteiger partial charge on any atom is -1.00 e. The predicted octanol–water partition coefficient (Wildman–Crippen LogP) is 4.44. The Morgan fingerprint density at radius 3 is 1.42 bits per heavy atom. The number of carbonyl (C=O) groups is 4. The van der Waals surface area contributed by atoms with Crippen molar-refractivity contribution in [3.63, 3.8) is 0 Å². The Morgan fingerprint density at radius 1 is 0.564 bits per heavy atom. The van der Waals surface area contributed by atoms with E-state index < -0.39 is 0 Å². The third-order valence-electron chi connectivity index (χ3n) is 20.7. The zero-order chi connectivity index (χ0) is 54.2. The maximum absolute atomic E-state index is 11.4. The molecular formula is C62H86BrCl2N3O10. The first kappa shape index (κ1) is 61.7. The number of phenols is 2. The van der Waals surface area contributed by atoms with E-state index in [2.05, 4.69) is 77.0 Å². The lowest BCUT2D eigenvalue weighted by Gasteiger charge is -2.60. The number of piperidine rings is 3. The third kappa shape index (κ3) is 12.0. The van der Waals surface area contributed by atoms with Gasteiger partial charge in [-0.1, -0.05) is 56.7 Å². The molecule has 12 rings (SSSR count). The van der Waals surface area contributed by atoms with Gasteiger partial charge >= 0.3 is 23.9 Å². The van der Waals surface area contributed by atoms with Crippen molar-refractivity contribution in [3.05, 3.63) is 88.0 Å². The largest absolute Gasteiger partial charge is 1.00 e. The summed E-state index contributed by atoms with van der Waals surface area (Å²) in [6, 6.07) is 20.0. The summed E-state index contributed by atoms with van der Waals surface area (Å²) in [7, 11) is 6.82. The van der Waals surface area contributed by atoms with Gasteiger partial charge in [-0.3, -0.25) is 28.1 Å². The van der Waals surface area contributed by atoms with Crippen molar-refractivity contribution in [3.8, 4) is 17.2 Å². The van der Waals surface area contributed by atoms with E-state index in [9.17, 15) is 29.4 Å². The van der Waals surface area contributed by atoms with Crippen molar-refractivity contribution >= 4 is 39.8 Å². The van der Waals surface area contributed by atoms with Crippen LogP contribution in [0.1, 0.15) is 157 Å². The lowest BCUT2D eigenvalue weighted by molar-refractivity contribution is -0.959. The number of likely N-dealkylation sites (N-methyl/N-ethyl adjacent to an activating group) is 3. The second kappa shape index (κ2) is 25.1. The Hall–Kier alpha value is -3.92. The molecule has 3 aliphatic heterocycles. The average Bonchev–Trinajstić information content (AvgIpc) is 3.60. The number of carbonyl (C=O) groups excluding carboxylic acids is 4. The number of nitrogens with zero attached hydrogens (tertiary/aromatic N) is 3. The van der Waals surface area contributed by atoms with Gasteiger partial charge in [-0.15, -0.1) is 0 Å². The molecular weight excluding hydrogens is 1100 g/mol. The number of quaternary nitrogens is 2. The molecule has 6 aliphatic carbocycles. The molecule has 430 valence electrons. The van der Waals surface area contributed by atoms with Crippen LogP contribution in [0.25, 0.3) is 0 Å². The van der Waals surface area contributed by atoms with E-state index in [4.69, 9.17) is 14.2 Å².